The molecule has 0 unspecified atom stereocenters. The maximum Gasteiger partial charge on any atom is 0.102 e. The Morgan fingerprint density at radius 2 is 0.294 bits per heavy atom. The van der Waals surface area contributed by atoms with Gasteiger partial charge in [-0.05, 0) is 146 Å². The predicted octanol–water partition coefficient (Wildman–Crippen LogP) is 10.7. The first kappa shape index (κ1) is 72.4. The molecule has 0 aliphatic rings. The zero-order valence-corrected chi connectivity index (χ0v) is 62.5. The average molecular weight is 1870 g/mol. The summed E-state index contributed by atoms with van der Waals surface area (Å²) in [5, 5.41) is 25.4. The van der Waals surface area contributed by atoms with Crippen LogP contribution >= 0.6 is 31.7 Å². The normalized spacial score (nSPS) is 9.85. The second-order valence-corrected chi connectivity index (χ2v) is 28.8. The molecule has 0 N–H and O–H groups in total. The van der Waals surface area contributed by atoms with Crippen molar-refractivity contribution < 1.29 is 50.0 Å². The molecule has 0 saturated carbocycles. The van der Waals surface area contributed by atoms with Gasteiger partial charge in [-0.2, -0.15) is 0 Å². The SMILES string of the molecule is O=[N+]([O-])[O][Pb].[Pt].[Pt].[SeH].[SeH].c1ccc([PH+](c2ccccc2)c2ccccc2)cc1.c1ccc([PH+](c2ccccc2)c2ccccc2)cc1.c1ccc([PH+](c2ccccc2)c2ccccc2)cc1.c1ccc([PH+](c2ccccc2)c2ccccc2)cc1. The first-order chi connectivity index (χ1) is 40.1. The van der Waals surface area contributed by atoms with Crippen LogP contribution in [0.2, 0.25) is 0 Å². The molecule has 0 aliphatic carbocycles. The summed E-state index contributed by atoms with van der Waals surface area (Å²) in [6, 6.07) is 130. The molecule has 12 aromatic carbocycles. The topological polar surface area (TPSA) is 52.4 Å². The first-order valence-corrected chi connectivity index (χ1v) is 34.3. The van der Waals surface area contributed by atoms with Gasteiger partial charge in [0.05, 0.1) is 31.7 Å². The number of benzene rings is 12. The molecule has 0 fully saturated rings. The van der Waals surface area contributed by atoms with Gasteiger partial charge in [-0.25, -0.2) is 0 Å². The van der Waals surface area contributed by atoms with Gasteiger partial charge < -0.3 is 0 Å². The molecule has 85 heavy (non-hydrogen) atoms. The van der Waals surface area contributed by atoms with E-state index < -0.39 is 36.8 Å². The van der Waals surface area contributed by atoms with Crippen LogP contribution in [-0.4, -0.2) is 65.4 Å². The molecule has 0 saturated heterocycles. The molecule has 0 amide bonds. The molecule has 429 valence electrons. The third kappa shape index (κ3) is 23.5. The minimum atomic E-state index is -0.877. The summed E-state index contributed by atoms with van der Waals surface area (Å²) in [6.07, 6.45) is 0. The molecule has 5 radical (unpaired) electrons. The second kappa shape index (κ2) is 41.9. The Hall–Kier alpha value is -5.10. The Bertz CT molecular complexity index is 2760. The zero-order chi connectivity index (χ0) is 55.9. The van der Waals surface area contributed by atoms with Gasteiger partial charge in [0.1, 0.15) is 63.7 Å². The van der Waals surface area contributed by atoms with Gasteiger partial charge in [0.15, 0.2) is 0 Å². The summed E-state index contributed by atoms with van der Waals surface area (Å²) in [7, 11) is -3.51. The van der Waals surface area contributed by atoms with Gasteiger partial charge in [-0.3, -0.25) is 0 Å². The van der Waals surface area contributed by atoms with Crippen molar-refractivity contribution >= 4 is 156 Å². The predicted molar refractivity (Wildman–Crippen MR) is 374 cm³/mol. The zero-order valence-electron chi connectivity index (χ0n) is 46.3. The smallest absolute Gasteiger partial charge is 0.0620 e. The molecule has 12 aromatic rings. The van der Waals surface area contributed by atoms with Crippen molar-refractivity contribution in [1.29, 1.82) is 0 Å². The monoisotopic (exact) mass is 1870 g/mol. The summed E-state index contributed by atoms with van der Waals surface area (Å²) < 4.78 is 3.61. The van der Waals surface area contributed by atoms with Crippen LogP contribution < -0.4 is 63.7 Å². The largest absolute Gasteiger partial charge is 0.102 e. The molecule has 4 nitrogen and oxygen atoms in total. The van der Waals surface area contributed by atoms with E-state index in [4.69, 9.17) is 10.1 Å². The minimum Gasteiger partial charge on any atom is -0.0620 e. The van der Waals surface area contributed by atoms with E-state index in [9.17, 15) is 0 Å². The van der Waals surface area contributed by atoms with Crippen LogP contribution in [0.15, 0.2) is 364 Å². The van der Waals surface area contributed by atoms with E-state index in [0.717, 1.165) is 0 Å². The second-order valence-electron chi connectivity index (χ2n) is 18.2. The van der Waals surface area contributed by atoms with E-state index in [0.29, 0.717) is 0 Å². The van der Waals surface area contributed by atoms with Crippen molar-refractivity contribution in [2.75, 3.05) is 0 Å². The fraction of sp³-hybridized carbons (Fsp3) is 0. The standard InChI is InChI=1S/4C18H15P.NO3.Pb.2Pt.2HSe/c4*1-4-10-16(11-5-1)19(17-12-6-2-7-13-17)18-14-8-3-9-15-18;2-1(3)4;;;;;/h4*1-15H;;;;;2*1H/q;;;;-1;+1;;;;/p+4. The van der Waals surface area contributed by atoms with E-state index in [-0.39, 0.29) is 102 Å². The fourth-order valence-corrected chi connectivity index (χ4v) is 19.6. The van der Waals surface area contributed by atoms with Gasteiger partial charge in [-0.1, -0.05) is 218 Å². The Labute approximate surface area is 573 Å². The number of rotatable bonds is 13. The molecule has 12 rings (SSSR count). The van der Waals surface area contributed by atoms with Crippen LogP contribution in [0, 0.1) is 10.1 Å². The van der Waals surface area contributed by atoms with Crippen molar-refractivity contribution in [2.24, 2.45) is 0 Å². The van der Waals surface area contributed by atoms with Gasteiger partial charge >= 0.3 is 78.3 Å². The fourth-order valence-electron chi connectivity index (χ4n) is 9.26. The Kier molecular flexibility index (Phi) is 35.7. The Morgan fingerprint density at radius 3 is 0.353 bits per heavy atom. The molecule has 0 aromatic heterocycles. The molecule has 0 heterocycles. The molecule has 0 bridgehead atoms. The molecular weight excluding hydrogens is 1810 g/mol. The maximum atomic E-state index is 8.99. The summed E-state index contributed by atoms with van der Waals surface area (Å²) in [4.78, 5) is 8.99. The number of hydrogen-bond donors (Lipinski definition) is 0. The van der Waals surface area contributed by atoms with Gasteiger partial charge in [0.2, 0.25) is 0 Å². The molecule has 0 spiro atoms. The van der Waals surface area contributed by atoms with Crippen LogP contribution in [0.3, 0.4) is 0 Å². The van der Waals surface area contributed by atoms with E-state index in [1.54, 1.807) is 0 Å². The number of nitrogens with zero attached hydrogens (tertiary/aromatic N) is 1. The third-order valence-corrected chi connectivity index (χ3v) is 24.3. The van der Waals surface area contributed by atoms with E-state index in [1.165, 1.54) is 63.7 Å². The van der Waals surface area contributed by atoms with Crippen LogP contribution in [0.1, 0.15) is 0 Å². The van der Waals surface area contributed by atoms with Gasteiger partial charge in [-0.15, -0.1) is 0 Å². The molecular formula is C72H66NO3P4PbPt2Se2+4. The van der Waals surface area contributed by atoms with E-state index >= 15 is 0 Å². The van der Waals surface area contributed by atoms with E-state index in [2.05, 4.69) is 367 Å². The van der Waals surface area contributed by atoms with Crippen molar-refractivity contribution in [3.63, 3.8) is 0 Å². The van der Waals surface area contributed by atoms with Crippen LogP contribution in [0.25, 0.3) is 0 Å². The summed E-state index contributed by atoms with van der Waals surface area (Å²) >= 11 is 0.174. The third-order valence-electron chi connectivity index (χ3n) is 12.8. The summed E-state index contributed by atoms with van der Waals surface area (Å²) in [5.41, 5.74) is 0. The van der Waals surface area contributed by atoms with E-state index in [1.807, 2.05) is 0 Å². The van der Waals surface area contributed by atoms with Crippen LogP contribution in [0.5, 0.6) is 0 Å². The quantitative estimate of drug-likeness (QED) is 0.0500. The van der Waals surface area contributed by atoms with Crippen molar-refractivity contribution in [3.8, 4) is 0 Å². The molecule has 0 atom stereocenters. The molecule has 0 aliphatic heterocycles. The number of hydrogen-bond acceptors (Lipinski definition) is 3. The minimum absolute atomic E-state index is 0. The van der Waals surface area contributed by atoms with Gasteiger partial charge in [0.25, 0.3) is 0 Å². The Morgan fingerprint density at radius 1 is 0.224 bits per heavy atom. The maximum absolute atomic E-state index is 8.99. The van der Waals surface area contributed by atoms with Crippen molar-refractivity contribution in [1.82, 2.24) is 0 Å². The van der Waals surface area contributed by atoms with Crippen molar-refractivity contribution in [3.05, 3.63) is 374 Å². The van der Waals surface area contributed by atoms with Crippen LogP contribution in [-0.2, 0) is 44.9 Å². The molecule has 13 heteroatoms. The summed E-state index contributed by atoms with van der Waals surface area (Å²) in [5.74, 6) is 0. The average Bonchev–Trinajstić information content (AvgIpc) is 3.67. The van der Waals surface area contributed by atoms with Crippen molar-refractivity contribution in [2.45, 2.75) is 0 Å². The summed E-state index contributed by atoms with van der Waals surface area (Å²) in [6.45, 7) is 0. The first-order valence-electron chi connectivity index (χ1n) is 26.7. The Balaban J connectivity index is 0.000000233. The van der Waals surface area contributed by atoms with Gasteiger partial charge in [0, 0.05) is 42.1 Å². The van der Waals surface area contributed by atoms with Crippen LogP contribution in [0.4, 0.5) is 0 Å².